The molecular weight excluding hydrogens is 306 g/mol. The summed E-state index contributed by atoms with van der Waals surface area (Å²) in [6.45, 7) is 3.19. The molecule has 3 rings (SSSR count). The average molecular weight is 325 g/mol. The molecule has 0 aliphatic rings. The number of aromatic nitrogens is 4. The Bertz CT molecular complexity index is 818. The SMILES string of the molecule is COc1cccc(CN(C)Cc2noc(-c3cncc(C)c3)n2)n1. The van der Waals surface area contributed by atoms with Gasteiger partial charge in [0, 0.05) is 25.0 Å². The van der Waals surface area contributed by atoms with Crippen molar-refractivity contribution < 1.29 is 9.26 Å². The van der Waals surface area contributed by atoms with E-state index >= 15 is 0 Å². The predicted octanol–water partition coefficient (Wildman–Crippen LogP) is 2.48. The highest BCUT2D eigenvalue weighted by Gasteiger charge is 2.12. The van der Waals surface area contributed by atoms with Crippen molar-refractivity contribution in [3.05, 3.63) is 53.7 Å². The number of hydrogen-bond acceptors (Lipinski definition) is 7. The van der Waals surface area contributed by atoms with Crippen LogP contribution in [0.3, 0.4) is 0 Å². The van der Waals surface area contributed by atoms with Gasteiger partial charge in [-0.15, -0.1) is 0 Å². The third-order valence-corrected chi connectivity index (χ3v) is 3.42. The Morgan fingerprint density at radius 1 is 1.17 bits per heavy atom. The van der Waals surface area contributed by atoms with Crippen molar-refractivity contribution in [1.82, 2.24) is 25.0 Å². The number of hydrogen-bond donors (Lipinski definition) is 0. The zero-order valence-electron chi connectivity index (χ0n) is 13.9. The molecule has 124 valence electrons. The van der Waals surface area contributed by atoms with Gasteiger partial charge in [0.15, 0.2) is 5.82 Å². The van der Waals surface area contributed by atoms with Gasteiger partial charge in [0.25, 0.3) is 5.89 Å². The van der Waals surface area contributed by atoms with Crippen LogP contribution < -0.4 is 4.74 Å². The summed E-state index contributed by atoms with van der Waals surface area (Å²) in [5.74, 6) is 1.71. The van der Waals surface area contributed by atoms with Crippen LogP contribution in [0.1, 0.15) is 17.1 Å². The van der Waals surface area contributed by atoms with E-state index in [1.807, 2.05) is 38.2 Å². The third-order valence-electron chi connectivity index (χ3n) is 3.42. The van der Waals surface area contributed by atoms with Gasteiger partial charge in [0.2, 0.25) is 5.88 Å². The summed E-state index contributed by atoms with van der Waals surface area (Å²) < 4.78 is 10.5. The van der Waals surface area contributed by atoms with Crippen molar-refractivity contribution >= 4 is 0 Å². The topological polar surface area (TPSA) is 77.2 Å². The Morgan fingerprint density at radius 2 is 2.04 bits per heavy atom. The van der Waals surface area contributed by atoms with Crippen molar-refractivity contribution in [2.45, 2.75) is 20.0 Å². The minimum absolute atomic E-state index is 0.481. The van der Waals surface area contributed by atoms with Crippen molar-refractivity contribution in [3.63, 3.8) is 0 Å². The standard InChI is InChI=1S/C17H19N5O2/c1-12-7-13(9-18-8-12)17-20-15(21-24-17)11-22(2)10-14-5-4-6-16(19-14)23-3/h4-9H,10-11H2,1-3H3. The van der Waals surface area contributed by atoms with Crippen LogP contribution in [0.25, 0.3) is 11.5 Å². The Balaban J connectivity index is 1.65. The lowest BCUT2D eigenvalue weighted by atomic mass is 10.2. The molecule has 0 radical (unpaired) electrons. The molecule has 0 N–H and O–H groups in total. The van der Waals surface area contributed by atoms with Crippen molar-refractivity contribution in [2.24, 2.45) is 0 Å². The van der Waals surface area contributed by atoms with E-state index in [0.29, 0.717) is 30.7 Å². The first-order valence-corrected chi connectivity index (χ1v) is 7.57. The first-order chi connectivity index (χ1) is 11.6. The quantitative estimate of drug-likeness (QED) is 0.689. The van der Waals surface area contributed by atoms with E-state index in [4.69, 9.17) is 9.26 Å². The van der Waals surface area contributed by atoms with Crippen molar-refractivity contribution in [1.29, 1.82) is 0 Å². The molecule has 24 heavy (non-hydrogen) atoms. The maximum atomic E-state index is 5.33. The highest BCUT2D eigenvalue weighted by Crippen LogP contribution is 2.17. The Kier molecular flexibility index (Phi) is 4.81. The van der Waals surface area contributed by atoms with Gasteiger partial charge in [0.05, 0.1) is 24.9 Å². The Labute approximate surface area is 140 Å². The average Bonchev–Trinajstić information content (AvgIpc) is 3.03. The summed E-state index contributed by atoms with van der Waals surface area (Å²) in [5, 5.41) is 4.04. The monoisotopic (exact) mass is 325 g/mol. The van der Waals surface area contributed by atoms with Crippen LogP contribution in [0, 0.1) is 6.92 Å². The van der Waals surface area contributed by atoms with E-state index < -0.39 is 0 Å². The maximum Gasteiger partial charge on any atom is 0.259 e. The number of rotatable bonds is 6. The molecule has 0 aliphatic heterocycles. The number of ether oxygens (including phenoxy) is 1. The van der Waals surface area contributed by atoms with Crippen molar-refractivity contribution in [2.75, 3.05) is 14.2 Å². The molecule has 0 aliphatic carbocycles. The van der Waals surface area contributed by atoms with Gasteiger partial charge in [-0.2, -0.15) is 4.98 Å². The van der Waals surface area contributed by atoms with Crippen LogP contribution in [0.2, 0.25) is 0 Å². The molecule has 0 amide bonds. The van der Waals surface area contributed by atoms with E-state index in [0.717, 1.165) is 16.8 Å². The van der Waals surface area contributed by atoms with Gasteiger partial charge in [-0.05, 0) is 31.7 Å². The van der Waals surface area contributed by atoms with E-state index in [2.05, 4.69) is 25.0 Å². The molecule has 0 atom stereocenters. The van der Waals surface area contributed by atoms with Crippen LogP contribution in [-0.4, -0.2) is 39.2 Å². The van der Waals surface area contributed by atoms with E-state index in [1.165, 1.54) is 0 Å². The molecule has 3 heterocycles. The van der Waals surface area contributed by atoms with Crippen LogP contribution in [0.5, 0.6) is 5.88 Å². The molecule has 7 heteroatoms. The second-order valence-corrected chi connectivity index (χ2v) is 5.61. The molecule has 0 aromatic carbocycles. The van der Waals surface area contributed by atoms with E-state index in [9.17, 15) is 0 Å². The number of nitrogens with zero attached hydrogens (tertiary/aromatic N) is 5. The largest absolute Gasteiger partial charge is 0.481 e. The van der Waals surface area contributed by atoms with Gasteiger partial charge >= 0.3 is 0 Å². The Morgan fingerprint density at radius 3 is 2.83 bits per heavy atom. The molecule has 0 unspecified atom stereocenters. The van der Waals surface area contributed by atoms with Gasteiger partial charge in [-0.3, -0.25) is 9.88 Å². The zero-order chi connectivity index (χ0) is 16.9. The molecule has 3 aromatic heterocycles. The fourth-order valence-electron chi connectivity index (χ4n) is 2.34. The maximum absolute atomic E-state index is 5.33. The van der Waals surface area contributed by atoms with Gasteiger partial charge in [-0.1, -0.05) is 11.2 Å². The number of aryl methyl sites for hydroxylation is 1. The zero-order valence-corrected chi connectivity index (χ0v) is 13.9. The lowest BCUT2D eigenvalue weighted by Crippen LogP contribution is -2.18. The normalized spacial score (nSPS) is 11.0. The molecular formula is C17H19N5O2. The smallest absolute Gasteiger partial charge is 0.259 e. The van der Waals surface area contributed by atoms with Gasteiger partial charge in [-0.25, -0.2) is 4.98 Å². The minimum Gasteiger partial charge on any atom is -0.481 e. The van der Waals surface area contributed by atoms with Crippen LogP contribution >= 0.6 is 0 Å². The summed E-state index contributed by atoms with van der Waals surface area (Å²) in [6.07, 6.45) is 3.50. The van der Waals surface area contributed by atoms with E-state index in [-0.39, 0.29) is 0 Å². The van der Waals surface area contributed by atoms with Crippen LogP contribution in [0.15, 0.2) is 41.2 Å². The fraction of sp³-hybridized carbons (Fsp3) is 0.294. The summed E-state index contributed by atoms with van der Waals surface area (Å²) in [6, 6.07) is 7.67. The lowest BCUT2D eigenvalue weighted by molar-refractivity contribution is 0.296. The first-order valence-electron chi connectivity index (χ1n) is 7.57. The Hall–Kier alpha value is -2.80. The highest BCUT2D eigenvalue weighted by molar-refractivity contribution is 5.51. The van der Waals surface area contributed by atoms with E-state index in [1.54, 1.807) is 19.5 Å². The first kappa shape index (κ1) is 16.1. The summed E-state index contributed by atoms with van der Waals surface area (Å²) in [4.78, 5) is 15.0. The molecule has 0 saturated carbocycles. The molecule has 0 bridgehead atoms. The summed E-state index contributed by atoms with van der Waals surface area (Å²) in [5.41, 5.74) is 2.79. The van der Waals surface area contributed by atoms with Gasteiger partial charge in [0.1, 0.15) is 0 Å². The fourth-order valence-corrected chi connectivity index (χ4v) is 2.34. The molecule has 7 nitrogen and oxygen atoms in total. The minimum atomic E-state index is 0.481. The van der Waals surface area contributed by atoms with Crippen LogP contribution in [0.4, 0.5) is 0 Å². The second-order valence-electron chi connectivity index (χ2n) is 5.61. The highest BCUT2D eigenvalue weighted by atomic mass is 16.5. The summed E-state index contributed by atoms with van der Waals surface area (Å²) in [7, 11) is 3.59. The predicted molar refractivity (Wildman–Crippen MR) is 88.2 cm³/mol. The number of methoxy groups -OCH3 is 1. The molecule has 3 aromatic rings. The second kappa shape index (κ2) is 7.18. The number of pyridine rings is 2. The third kappa shape index (κ3) is 3.94. The summed E-state index contributed by atoms with van der Waals surface area (Å²) >= 11 is 0. The van der Waals surface area contributed by atoms with Crippen molar-refractivity contribution in [3.8, 4) is 17.3 Å². The lowest BCUT2D eigenvalue weighted by Gasteiger charge is -2.13. The molecule has 0 saturated heterocycles. The molecule has 0 fully saturated rings. The molecule has 0 spiro atoms. The van der Waals surface area contributed by atoms with Crippen LogP contribution in [-0.2, 0) is 13.1 Å². The van der Waals surface area contributed by atoms with Gasteiger partial charge < -0.3 is 9.26 Å².